The Balaban J connectivity index is 2.22. The third-order valence-corrected chi connectivity index (χ3v) is 4.03. The van der Waals surface area contributed by atoms with Crippen LogP contribution in [0.3, 0.4) is 0 Å². The number of nitrogens with one attached hydrogen (secondary N) is 2. The van der Waals surface area contributed by atoms with E-state index < -0.39 is 0 Å². The Morgan fingerprint density at radius 3 is 2.30 bits per heavy atom. The lowest BCUT2D eigenvalue weighted by Crippen LogP contribution is -2.36. The predicted octanol–water partition coefficient (Wildman–Crippen LogP) is 3.34. The van der Waals surface area contributed by atoms with Gasteiger partial charge in [-0.1, -0.05) is 56.3 Å². The molecule has 5 heteroatoms. The summed E-state index contributed by atoms with van der Waals surface area (Å²) in [5, 5.41) is 5.46. The molecular formula is C22H26N2O3. The number of methoxy groups -OCH3 is 1. The smallest absolute Gasteiger partial charge is 0.267 e. The maximum atomic E-state index is 12.5. The summed E-state index contributed by atoms with van der Waals surface area (Å²) in [6, 6.07) is 16.7. The zero-order chi connectivity index (χ0) is 19.6. The van der Waals surface area contributed by atoms with Crippen molar-refractivity contribution >= 4 is 17.9 Å². The zero-order valence-electron chi connectivity index (χ0n) is 16.0. The van der Waals surface area contributed by atoms with Crippen molar-refractivity contribution in [1.29, 1.82) is 0 Å². The van der Waals surface area contributed by atoms with Crippen LogP contribution in [0.15, 0.2) is 60.3 Å². The largest absolute Gasteiger partial charge is 0.383 e. The van der Waals surface area contributed by atoms with Gasteiger partial charge in [-0.3, -0.25) is 9.59 Å². The van der Waals surface area contributed by atoms with Crippen LogP contribution < -0.4 is 10.6 Å². The summed E-state index contributed by atoms with van der Waals surface area (Å²) in [4.78, 5) is 25.0. The second kappa shape index (κ2) is 10.3. The number of carbonyl (C=O) groups is 2. The Labute approximate surface area is 160 Å². The molecule has 142 valence electrons. The minimum Gasteiger partial charge on any atom is -0.383 e. The SMILES string of the molecule is COCCNC(=O)/C(=C/c1ccc(C(C)C)cc1)NC(=O)c1ccccc1. The van der Waals surface area contributed by atoms with Gasteiger partial charge in [-0.2, -0.15) is 0 Å². The number of carbonyl (C=O) groups excluding carboxylic acids is 2. The maximum absolute atomic E-state index is 12.5. The van der Waals surface area contributed by atoms with Crippen molar-refractivity contribution in [2.75, 3.05) is 20.3 Å². The second-order valence-corrected chi connectivity index (χ2v) is 6.45. The van der Waals surface area contributed by atoms with E-state index in [-0.39, 0.29) is 17.5 Å². The minimum absolute atomic E-state index is 0.192. The van der Waals surface area contributed by atoms with E-state index in [0.29, 0.717) is 24.6 Å². The van der Waals surface area contributed by atoms with Crippen molar-refractivity contribution in [3.63, 3.8) is 0 Å². The molecule has 0 aliphatic carbocycles. The average Bonchev–Trinajstić information content (AvgIpc) is 2.68. The predicted molar refractivity (Wildman–Crippen MR) is 107 cm³/mol. The third-order valence-electron chi connectivity index (χ3n) is 4.03. The molecule has 0 atom stereocenters. The van der Waals surface area contributed by atoms with Crippen LogP contribution in [0.2, 0.25) is 0 Å². The molecule has 0 heterocycles. The first-order valence-electron chi connectivity index (χ1n) is 8.96. The van der Waals surface area contributed by atoms with Gasteiger partial charge in [0, 0.05) is 19.2 Å². The molecule has 27 heavy (non-hydrogen) atoms. The van der Waals surface area contributed by atoms with Gasteiger partial charge in [0.2, 0.25) is 0 Å². The van der Waals surface area contributed by atoms with Gasteiger partial charge in [0.25, 0.3) is 11.8 Å². The lowest BCUT2D eigenvalue weighted by atomic mass is 10.0. The van der Waals surface area contributed by atoms with Crippen molar-refractivity contribution in [2.45, 2.75) is 19.8 Å². The normalized spacial score (nSPS) is 11.3. The molecule has 0 saturated carbocycles. The summed E-state index contributed by atoms with van der Waals surface area (Å²) < 4.78 is 4.95. The van der Waals surface area contributed by atoms with Gasteiger partial charge < -0.3 is 15.4 Å². The summed E-state index contributed by atoms with van der Waals surface area (Å²) in [5.74, 6) is -0.260. The van der Waals surface area contributed by atoms with Gasteiger partial charge in [0.15, 0.2) is 0 Å². The molecule has 0 aliphatic rings. The fourth-order valence-electron chi connectivity index (χ4n) is 2.45. The maximum Gasteiger partial charge on any atom is 0.267 e. The van der Waals surface area contributed by atoms with Crippen molar-refractivity contribution < 1.29 is 14.3 Å². The Hall–Kier alpha value is -2.92. The van der Waals surface area contributed by atoms with E-state index in [1.165, 1.54) is 5.56 Å². The second-order valence-electron chi connectivity index (χ2n) is 6.45. The zero-order valence-corrected chi connectivity index (χ0v) is 16.0. The van der Waals surface area contributed by atoms with Crippen LogP contribution in [0, 0.1) is 0 Å². The number of amides is 2. The molecular weight excluding hydrogens is 340 g/mol. The molecule has 2 rings (SSSR count). The van der Waals surface area contributed by atoms with Gasteiger partial charge in [-0.05, 0) is 35.3 Å². The minimum atomic E-state index is -0.357. The molecule has 2 N–H and O–H groups in total. The molecule has 0 saturated heterocycles. The molecule has 0 aliphatic heterocycles. The molecule has 0 fully saturated rings. The van der Waals surface area contributed by atoms with Crippen molar-refractivity contribution in [2.24, 2.45) is 0 Å². The van der Waals surface area contributed by atoms with Crippen LogP contribution in [-0.2, 0) is 9.53 Å². The van der Waals surface area contributed by atoms with Crippen LogP contribution in [0.4, 0.5) is 0 Å². The topological polar surface area (TPSA) is 67.4 Å². The Kier molecular flexibility index (Phi) is 7.77. The van der Waals surface area contributed by atoms with Crippen LogP contribution >= 0.6 is 0 Å². The first-order chi connectivity index (χ1) is 13.0. The monoisotopic (exact) mass is 366 g/mol. The molecule has 2 amide bonds. The number of hydrogen-bond acceptors (Lipinski definition) is 3. The summed E-state index contributed by atoms with van der Waals surface area (Å²) in [5.41, 5.74) is 2.73. The number of benzene rings is 2. The number of rotatable bonds is 8. The van der Waals surface area contributed by atoms with Crippen LogP contribution in [0.25, 0.3) is 6.08 Å². The average molecular weight is 366 g/mol. The number of hydrogen-bond donors (Lipinski definition) is 2. The van der Waals surface area contributed by atoms with Gasteiger partial charge in [-0.15, -0.1) is 0 Å². The lowest BCUT2D eigenvalue weighted by Gasteiger charge is -2.11. The highest BCUT2D eigenvalue weighted by molar-refractivity contribution is 6.05. The Bertz CT molecular complexity index is 781. The highest BCUT2D eigenvalue weighted by atomic mass is 16.5. The summed E-state index contributed by atoms with van der Waals surface area (Å²) >= 11 is 0. The van der Waals surface area contributed by atoms with E-state index in [1.54, 1.807) is 37.5 Å². The van der Waals surface area contributed by atoms with Crippen molar-refractivity contribution in [1.82, 2.24) is 10.6 Å². The van der Waals surface area contributed by atoms with E-state index >= 15 is 0 Å². The van der Waals surface area contributed by atoms with Gasteiger partial charge in [0.05, 0.1) is 6.61 Å². The van der Waals surface area contributed by atoms with Crippen LogP contribution in [-0.4, -0.2) is 32.1 Å². The van der Waals surface area contributed by atoms with Crippen LogP contribution in [0.1, 0.15) is 41.3 Å². The molecule has 0 radical (unpaired) electrons. The third kappa shape index (κ3) is 6.38. The van der Waals surface area contributed by atoms with Gasteiger partial charge >= 0.3 is 0 Å². The summed E-state index contributed by atoms with van der Waals surface area (Å²) in [6.07, 6.45) is 1.67. The lowest BCUT2D eigenvalue weighted by molar-refractivity contribution is -0.117. The standard InChI is InChI=1S/C22H26N2O3/c1-16(2)18-11-9-17(10-12-18)15-20(22(26)23-13-14-27-3)24-21(25)19-7-5-4-6-8-19/h4-12,15-16H,13-14H2,1-3H3,(H,23,26)(H,24,25)/b20-15-. The van der Waals surface area contributed by atoms with Gasteiger partial charge in [-0.25, -0.2) is 0 Å². The van der Waals surface area contributed by atoms with Crippen molar-refractivity contribution in [3.8, 4) is 0 Å². The highest BCUT2D eigenvalue weighted by Crippen LogP contribution is 2.16. The van der Waals surface area contributed by atoms with E-state index in [2.05, 4.69) is 24.5 Å². The van der Waals surface area contributed by atoms with E-state index in [9.17, 15) is 9.59 Å². The van der Waals surface area contributed by atoms with Gasteiger partial charge in [0.1, 0.15) is 5.70 Å². The van der Waals surface area contributed by atoms with E-state index in [4.69, 9.17) is 4.74 Å². The fraction of sp³-hybridized carbons (Fsp3) is 0.273. The highest BCUT2D eigenvalue weighted by Gasteiger charge is 2.14. The Morgan fingerprint density at radius 2 is 1.70 bits per heavy atom. The quantitative estimate of drug-likeness (QED) is 0.556. The van der Waals surface area contributed by atoms with E-state index in [0.717, 1.165) is 5.56 Å². The molecule has 5 nitrogen and oxygen atoms in total. The fourth-order valence-corrected chi connectivity index (χ4v) is 2.45. The Morgan fingerprint density at radius 1 is 1.04 bits per heavy atom. The molecule has 0 aromatic heterocycles. The first kappa shape index (κ1) is 20.4. The van der Waals surface area contributed by atoms with Crippen molar-refractivity contribution in [3.05, 3.63) is 77.0 Å². The molecule has 2 aromatic carbocycles. The first-order valence-corrected chi connectivity index (χ1v) is 8.96. The molecule has 0 unspecified atom stereocenters. The summed E-state index contributed by atoms with van der Waals surface area (Å²) in [6.45, 7) is 5.01. The number of ether oxygens (including phenoxy) is 1. The molecule has 2 aromatic rings. The molecule has 0 spiro atoms. The summed E-state index contributed by atoms with van der Waals surface area (Å²) in [7, 11) is 1.57. The van der Waals surface area contributed by atoms with E-state index in [1.807, 2.05) is 30.3 Å². The molecule has 0 bridgehead atoms. The van der Waals surface area contributed by atoms with Crippen LogP contribution in [0.5, 0.6) is 0 Å².